The largest absolute Gasteiger partial charge is 0.507 e. The molecule has 1 atom stereocenters. The summed E-state index contributed by atoms with van der Waals surface area (Å²) in [5.41, 5.74) is 2.93. The zero-order chi connectivity index (χ0) is 22.3. The maximum absolute atomic E-state index is 13.2. The van der Waals surface area contributed by atoms with Gasteiger partial charge in [-0.3, -0.25) is 9.59 Å². The molecule has 3 rings (SSSR count). The molecule has 0 aliphatic rings. The Hall–Kier alpha value is -3.28. The average molecular weight is 408 g/mol. The fraction of sp³-hybridized carbons (Fsp3) is 0.333. The van der Waals surface area contributed by atoms with Crippen LogP contribution in [-0.2, 0) is 14.1 Å². The van der Waals surface area contributed by atoms with Gasteiger partial charge in [-0.05, 0) is 37.0 Å². The molecule has 6 nitrogen and oxygen atoms in total. The molecule has 0 spiro atoms. The number of pyridine rings is 2. The third-order valence-corrected chi connectivity index (χ3v) is 5.96. The molecule has 0 aliphatic carbocycles. The number of rotatable bonds is 4. The van der Waals surface area contributed by atoms with Gasteiger partial charge in [0.15, 0.2) is 0 Å². The van der Waals surface area contributed by atoms with Crippen molar-refractivity contribution in [2.45, 2.75) is 39.5 Å². The molecule has 30 heavy (non-hydrogen) atoms. The average Bonchev–Trinajstić information content (AvgIpc) is 2.69. The van der Waals surface area contributed by atoms with Gasteiger partial charge in [0.25, 0.3) is 11.1 Å². The summed E-state index contributed by atoms with van der Waals surface area (Å²) in [5, 5.41) is 21.5. The van der Waals surface area contributed by atoms with E-state index in [0.29, 0.717) is 22.9 Å². The van der Waals surface area contributed by atoms with Crippen LogP contribution < -0.4 is 11.1 Å². The zero-order valence-electron chi connectivity index (χ0n) is 18.2. The van der Waals surface area contributed by atoms with Crippen molar-refractivity contribution in [1.82, 2.24) is 9.13 Å². The molecule has 1 unspecified atom stereocenters. The fourth-order valence-electron chi connectivity index (χ4n) is 3.82. The lowest BCUT2D eigenvalue weighted by Gasteiger charge is -2.24. The highest BCUT2D eigenvalue weighted by Gasteiger charge is 2.29. The Morgan fingerprint density at radius 1 is 0.800 bits per heavy atom. The second-order valence-electron chi connectivity index (χ2n) is 8.13. The monoisotopic (exact) mass is 408 g/mol. The Bertz CT molecular complexity index is 1220. The molecule has 0 fully saturated rings. The lowest BCUT2D eigenvalue weighted by Crippen LogP contribution is -2.28. The SMILES string of the molecule is Cc1c(C(c2ccc(C(C)C)cc2)c2c(O)cc(C)n(C)c2=O)c(O)cc(=O)n1C. The summed E-state index contributed by atoms with van der Waals surface area (Å²) in [6.07, 6.45) is 0. The first-order chi connectivity index (χ1) is 14.0. The summed E-state index contributed by atoms with van der Waals surface area (Å²) < 4.78 is 2.90. The second kappa shape index (κ2) is 7.86. The van der Waals surface area contributed by atoms with Crippen LogP contribution in [0.25, 0.3) is 0 Å². The van der Waals surface area contributed by atoms with E-state index in [1.54, 1.807) is 34.0 Å². The summed E-state index contributed by atoms with van der Waals surface area (Å²) in [5.74, 6) is -0.736. The van der Waals surface area contributed by atoms with Crippen molar-refractivity contribution in [1.29, 1.82) is 0 Å². The molecule has 0 saturated carbocycles. The number of benzene rings is 1. The van der Waals surface area contributed by atoms with Gasteiger partial charge in [0.1, 0.15) is 11.5 Å². The van der Waals surface area contributed by atoms with Gasteiger partial charge in [-0.25, -0.2) is 0 Å². The smallest absolute Gasteiger partial charge is 0.258 e. The van der Waals surface area contributed by atoms with Crippen molar-refractivity contribution in [3.63, 3.8) is 0 Å². The molecule has 2 N–H and O–H groups in total. The highest BCUT2D eigenvalue weighted by molar-refractivity contribution is 5.54. The molecule has 0 radical (unpaired) electrons. The van der Waals surface area contributed by atoms with E-state index in [9.17, 15) is 19.8 Å². The van der Waals surface area contributed by atoms with Crippen molar-refractivity contribution >= 4 is 0 Å². The summed E-state index contributed by atoms with van der Waals surface area (Å²) in [6.45, 7) is 7.65. The van der Waals surface area contributed by atoms with Gasteiger partial charge in [0, 0.05) is 43.0 Å². The van der Waals surface area contributed by atoms with E-state index >= 15 is 0 Å². The normalized spacial score (nSPS) is 12.4. The molecule has 0 aliphatic heterocycles. The number of aromatic nitrogens is 2. The molecule has 0 saturated heterocycles. The highest BCUT2D eigenvalue weighted by atomic mass is 16.3. The van der Waals surface area contributed by atoms with E-state index in [-0.39, 0.29) is 28.2 Å². The number of aryl methyl sites for hydroxylation is 1. The molecule has 0 amide bonds. The fourth-order valence-corrected chi connectivity index (χ4v) is 3.82. The quantitative estimate of drug-likeness (QED) is 0.693. The summed E-state index contributed by atoms with van der Waals surface area (Å²) in [7, 11) is 3.26. The predicted octanol–water partition coefficient (Wildman–Crippen LogP) is 3.42. The number of hydrogen-bond acceptors (Lipinski definition) is 4. The minimum absolute atomic E-state index is 0.138. The molecule has 1 aromatic carbocycles. The minimum atomic E-state index is -0.739. The third kappa shape index (κ3) is 3.54. The van der Waals surface area contributed by atoms with Gasteiger partial charge < -0.3 is 19.3 Å². The predicted molar refractivity (Wildman–Crippen MR) is 118 cm³/mol. The van der Waals surface area contributed by atoms with Gasteiger partial charge >= 0.3 is 0 Å². The Morgan fingerprint density at radius 2 is 1.33 bits per heavy atom. The van der Waals surface area contributed by atoms with Crippen LogP contribution in [0, 0.1) is 13.8 Å². The van der Waals surface area contributed by atoms with Crippen molar-refractivity contribution in [2.24, 2.45) is 14.1 Å². The first-order valence-electron chi connectivity index (χ1n) is 9.93. The van der Waals surface area contributed by atoms with E-state index in [2.05, 4.69) is 13.8 Å². The standard InChI is InChI=1S/C24H28N2O4/c1-13(2)16-7-9-17(10-8-16)22(21-15(4)26(6)20(29)12-19(21)28)23-18(27)11-14(3)25(5)24(23)30/h7-13,22,27-28H,1-6H3. The Labute approximate surface area is 175 Å². The van der Waals surface area contributed by atoms with Crippen LogP contribution in [0.1, 0.15) is 59.3 Å². The molecule has 2 aromatic heterocycles. The van der Waals surface area contributed by atoms with E-state index < -0.39 is 5.92 Å². The van der Waals surface area contributed by atoms with Gasteiger partial charge in [-0.15, -0.1) is 0 Å². The summed E-state index contributed by atoms with van der Waals surface area (Å²) in [4.78, 5) is 25.3. The zero-order valence-corrected chi connectivity index (χ0v) is 18.2. The maximum Gasteiger partial charge on any atom is 0.258 e. The minimum Gasteiger partial charge on any atom is -0.507 e. The van der Waals surface area contributed by atoms with Crippen LogP contribution in [0.2, 0.25) is 0 Å². The van der Waals surface area contributed by atoms with Crippen LogP contribution in [0.15, 0.2) is 46.0 Å². The summed E-state index contributed by atoms with van der Waals surface area (Å²) in [6, 6.07) is 10.5. The van der Waals surface area contributed by atoms with Crippen LogP contribution in [0.3, 0.4) is 0 Å². The van der Waals surface area contributed by atoms with Crippen LogP contribution in [0.5, 0.6) is 11.5 Å². The van der Waals surface area contributed by atoms with Crippen LogP contribution >= 0.6 is 0 Å². The van der Waals surface area contributed by atoms with Gasteiger partial charge in [-0.1, -0.05) is 38.1 Å². The number of hydrogen-bond donors (Lipinski definition) is 2. The molecular formula is C24H28N2O4. The Kier molecular flexibility index (Phi) is 5.61. The van der Waals surface area contributed by atoms with E-state index in [1.165, 1.54) is 9.13 Å². The topological polar surface area (TPSA) is 84.5 Å². The molecule has 2 heterocycles. The van der Waals surface area contributed by atoms with Crippen molar-refractivity contribution in [3.05, 3.63) is 90.7 Å². The lowest BCUT2D eigenvalue weighted by atomic mass is 9.83. The summed E-state index contributed by atoms with van der Waals surface area (Å²) >= 11 is 0. The molecule has 3 aromatic rings. The Morgan fingerprint density at radius 3 is 1.90 bits per heavy atom. The first-order valence-corrected chi connectivity index (χ1v) is 9.93. The maximum atomic E-state index is 13.2. The number of nitrogens with zero attached hydrogens (tertiary/aromatic N) is 2. The molecule has 6 heteroatoms. The van der Waals surface area contributed by atoms with Crippen LogP contribution in [-0.4, -0.2) is 19.3 Å². The van der Waals surface area contributed by atoms with E-state index in [4.69, 9.17) is 0 Å². The molecule has 158 valence electrons. The van der Waals surface area contributed by atoms with E-state index in [1.807, 2.05) is 24.3 Å². The second-order valence-corrected chi connectivity index (χ2v) is 8.13. The lowest BCUT2D eigenvalue weighted by molar-refractivity contribution is 0.451. The van der Waals surface area contributed by atoms with Crippen LogP contribution in [0.4, 0.5) is 0 Å². The van der Waals surface area contributed by atoms with Gasteiger partial charge in [0.05, 0.1) is 5.56 Å². The van der Waals surface area contributed by atoms with Gasteiger partial charge in [0.2, 0.25) is 0 Å². The van der Waals surface area contributed by atoms with Crippen molar-refractivity contribution in [2.75, 3.05) is 0 Å². The van der Waals surface area contributed by atoms with Crippen molar-refractivity contribution in [3.8, 4) is 11.5 Å². The highest BCUT2D eigenvalue weighted by Crippen LogP contribution is 2.40. The molecular weight excluding hydrogens is 380 g/mol. The molecule has 0 bridgehead atoms. The van der Waals surface area contributed by atoms with Crippen molar-refractivity contribution < 1.29 is 10.2 Å². The van der Waals surface area contributed by atoms with E-state index in [0.717, 1.165) is 17.2 Å². The van der Waals surface area contributed by atoms with Gasteiger partial charge in [-0.2, -0.15) is 0 Å². The first kappa shape index (κ1) is 21.4. The Balaban J connectivity index is 2.41. The number of aromatic hydroxyl groups is 2. The third-order valence-electron chi connectivity index (χ3n) is 5.96.